The smallest absolute Gasteiger partial charge is 0.265 e. The van der Waals surface area contributed by atoms with Crippen LogP contribution in [0.3, 0.4) is 0 Å². The second-order valence-corrected chi connectivity index (χ2v) is 6.51. The Hall–Kier alpha value is -3.27. The highest BCUT2D eigenvalue weighted by molar-refractivity contribution is 5.94. The molecule has 0 unspecified atom stereocenters. The first-order valence-corrected chi connectivity index (χ1v) is 8.88. The number of rotatable bonds is 6. The van der Waals surface area contributed by atoms with Crippen molar-refractivity contribution in [1.29, 1.82) is 0 Å². The molecule has 138 valence electrons. The number of amides is 1. The highest BCUT2D eigenvalue weighted by atomic mass is 16.5. The van der Waals surface area contributed by atoms with Crippen LogP contribution in [0, 0.1) is 13.8 Å². The van der Waals surface area contributed by atoms with Gasteiger partial charge in [-0.25, -0.2) is 0 Å². The summed E-state index contributed by atoms with van der Waals surface area (Å²) >= 11 is 0. The maximum absolute atomic E-state index is 12.4. The minimum absolute atomic E-state index is 0.203. The zero-order chi connectivity index (χ0) is 19.2. The van der Waals surface area contributed by atoms with E-state index in [1.807, 2.05) is 68.4 Å². The number of aryl methyl sites for hydroxylation is 2. The maximum Gasteiger partial charge on any atom is 0.265 e. The van der Waals surface area contributed by atoms with Crippen LogP contribution in [0.1, 0.15) is 18.1 Å². The van der Waals surface area contributed by atoms with Gasteiger partial charge in [-0.05, 0) is 80.4 Å². The van der Waals surface area contributed by atoms with E-state index < -0.39 is 6.10 Å². The van der Waals surface area contributed by atoms with E-state index in [4.69, 9.17) is 9.47 Å². The summed E-state index contributed by atoms with van der Waals surface area (Å²) in [5.41, 5.74) is 2.90. The van der Waals surface area contributed by atoms with Gasteiger partial charge in [-0.15, -0.1) is 0 Å². The van der Waals surface area contributed by atoms with Crippen LogP contribution in [0.4, 0.5) is 5.69 Å². The van der Waals surface area contributed by atoms with E-state index in [0.29, 0.717) is 17.2 Å². The molecule has 4 heteroatoms. The fraction of sp³-hybridized carbons (Fsp3) is 0.174. The standard InChI is InChI=1S/C23H23NO3/c1-16-13-17(2)15-22(14-16)26-18(3)23(25)24-19-9-11-21(12-10-19)27-20-7-5-4-6-8-20/h4-15,18H,1-3H3,(H,24,25)/t18-/m0/s1. The van der Waals surface area contributed by atoms with Crippen molar-refractivity contribution < 1.29 is 14.3 Å². The van der Waals surface area contributed by atoms with Crippen molar-refractivity contribution in [2.45, 2.75) is 26.9 Å². The van der Waals surface area contributed by atoms with Gasteiger partial charge in [-0.1, -0.05) is 24.3 Å². The third-order valence-electron chi connectivity index (χ3n) is 3.98. The van der Waals surface area contributed by atoms with Gasteiger partial charge >= 0.3 is 0 Å². The molecule has 4 nitrogen and oxygen atoms in total. The van der Waals surface area contributed by atoms with Crippen LogP contribution in [0.25, 0.3) is 0 Å². The molecule has 0 heterocycles. The van der Waals surface area contributed by atoms with Crippen molar-refractivity contribution in [3.63, 3.8) is 0 Å². The lowest BCUT2D eigenvalue weighted by molar-refractivity contribution is -0.122. The molecule has 1 amide bonds. The van der Waals surface area contributed by atoms with Crippen LogP contribution in [0.5, 0.6) is 17.2 Å². The molecule has 27 heavy (non-hydrogen) atoms. The van der Waals surface area contributed by atoms with Crippen LogP contribution in [0.15, 0.2) is 72.8 Å². The summed E-state index contributed by atoms with van der Waals surface area (Å²) < 4.78 is 11.5. The lowest BCUT2D eigenvalue weighted by atomic mass is 10.1. The summed E-state index contributed by atoms with van der Waals surface area (Å²) in [6.45, 7) is 5.74. The summed E-state index contributed by atoms with van der Waals surface area (Å²) in [4.78, 5) is 12.4. The van der Waals surface area contributed by atoms with E-state index in [-0.39, 0.29) is 5.91 Å². The molecular formula is C23H23NO3. The van der Waals surface area contributed by atoms with Gasteiger partial charge in [0.15, 0.2) is 6.10 Å². The number of nitrogens with one attached hydrogen (secondary N) is 1. The number of hydrogen-bond acceptors (Lipinski definition) is 3. The molecule has 3 rings (SSSR count). The zero-order valence-corrected chi connectivity index (χ0v) is 15.7. The Labute approximate surface area is 159 Å². The number of hydrogen-bond donors (Lipinski definition) is 1. The minimum atomic E-state index is -0.605. The van der Waals surface area contributed by atoms with Crippen LogP contribution < -0.4 is 14.8 Å². The SMILES string of the molecule is Cc1cc(C)cc(O[C@@H](C)C(=O)Nc2ccc(Oc3ccccc3)cc2)c1. The first kappa shape index (κ1) is 18.5. The number of para-hydroxylation sites is 1. The van der Waals surface area contributed by atoms with E-state index >= 15 is 0 Å². The third kappa shape index (κ3) is 5.35. The normalized spacial score (nSPS) is 11.5. The third-order valence-corrected chi connectivity index (χ3v) is 3.98. The summed E-state index contributed by atoms with van der Waals surface area (Å²) in [5.74, 6) is 1.97. The minimum Gasteiger partial charge on any atom is -0.481 e. The van der Waals surface area contributed by atoms with Crippen LogP contribution in [-0.2, 0) is 4.79 Å². The topological polar surface area (TPSA) is 47.6 Å². The lowest BCUT2D eigenvalue weighted by Crippen LogP contribution is -2.30. The largest absolute Gasteiger partial charge is 0.481 e. The molecule has 1 N–H and O–H groups in total. The van der Waals surface area contributed by atoms with E-state index in [9.17, 15) is 4.79 Å². The zero-order valence-electron chi connectivity index (χ0n) is 15.7. The molecule has 1 atom stereocenters. The van der Waals surface area contributed by atoms with Crippen LogP contribution in [0.2, 0.25) is 0 Å². The first-order valence-electron chi connectivity index (χ1n) is 8.88. The average Bonchev–Trinajstić information content (AvgIpc) is 2.63. The van der Waals surface area contributed by atoms with Gasteiger partial charge in [0, 0.05) is 5.69 Å². The number of anilines is 1. The summed E-state index contributed by atoms with van der Waals surface area (Å²) in [6, 6.07) is 22.7. The second kappa shape index (κ2) is 8.41. The molecule has 3 aromatic carbocycles. The average molecular weight is 361 g/mol. The first-order chi connectivity index (χ1) is 13.0. The molecule has 0 aliphatic carbocycles. The van der Waals surface area contributed by atoms with Crippen molar-refractivity contribution in [2.24, 2.45) is 0 Å². The molecular weight excluding hydrogens is 338 g/mol. The van der Waals surface area contributed by atoms with Gasteiger partial charge in [0.05, 0.1) is 0 Å². The predicted octanol–water partition coefficient (Wildman–Crippen LogP) is 5.50. The van der Waals surface area contributed by atoms with Gasteiger partial charge in [-0.3, -0.25) is 4.79 Å². The van der Waals surface area contributed by atoms with E-state index in [1.54, 1.807) is 19.1 Å². The molecule has 0 fully saturated rings. The highest BCUT2D eigenvalue weighted by Gasteiger charge is 2.15. The van der Waals surface area contributed by atoms with E-state index in [0.717, 1.165) is 16.9 Å². The second-order valence-electron chi connectivity index (χ2n) is 6.51. The maximum atomic E-state index is 12.4. The van der Waals surface area contributed by atoms with Crippen molar-refractivity contribution in [3.8, 4) is 17.2 Å². The van der Waals surface area contributed by atoms with Gasteiger partial charge in [0.1, 0.15) is 17.2 Å². The van der Waals surface area contributed by atoms with Gasteiger partial charge in [-0.2, -0.15) is 0 Å². The number of benzene rings is 3. The van der Waals surface area contributed by atoms with Gasteiger partial charge < -0.3 is 14.8 Å². The molecule has 0 bridgehead atoms. The molecule has 0 radical (unpaired) electrons. The Morgan fingerprint density at radius 1 is 0.815 bits per heavy atom. The van der Waals surface area contributed by atoms with E-state index in [2.05, 4.69) is 11.4 Å². The number of ether oxygens (including phenoxy) is 2. The van der Waals surface area contributed by atoms with Crippen molar-refractivity contribution in [2.75, 3.05) is 5.32 Å². The van der Waals surface area contributed by atoms with Crippen molar-refractivity contribution in [1.82, 2.24) is 0 Å². The van der Waals surface area contributed by atoms with Gasteiger partial charge in [0.25, 0.3) is 5.91 Å². The molecule has 0 spiro atoms. The molecule has 0 saturated heterocycles. The van der Waals surface area contributed by atoms with Crippen LogP contribution >= 0.6 is 0 Å². The van der Waals surface area contributed by atoms with Crippen LogP contribution in [-0.4, -0.2) is 12.0 Å². The van der Waals surface area contributed by atoms with Crippen molar-refractivity contribution in [3.05, 3.63) is 83.9 Å². The molecule has 0 aromatic heterocycles. The summed E-state index contributed by atoms with van der Waals surface area (Å²) in [7, 11) is 0. The molecule has 0 aliphatic rings. The Kier molecular flexibility index (Phi) is 5.77. The summed E-state index contributed by atoms with van der Waals surface area (Å²) in [5, 5.41) is 2.86. The Bertz CT molecular complexity index is 884. The fourth-order valence-electron chi connectivity index (χ4n) is 2.73. The van der Waals surface area contributed by atoms with Gasteiger partial charge in [0.2, 0.25) is 0 Å². The summed E-state index contributed by atoms with van der Waals surface area (Å²) in [6.07, 6.45) is -0.605. The fourth-order valence-corrected chi connectivity index (χ4v) is 2.73. The molecule has 0 aliphatic heterocycles. The molecule has 3 aromatic rings. The quantitative estimate of drug-likeness (QED) is 0.630. The highest BCUT2D eigenvalue weighted by Crippen LogP contribution is 2.23. The Morgan fingerprint density at radius 2 is 1.41 bits per heavy atom. The monoisotopic (exact) mass is 361 g/mol. The Balaban J connectivity index is 1.58. The Morgan fingerprint density at radius 3 is 2.04 bits per heavy atom. The lowest BCUT2D eigenvalue weighted by Gasteiger charge is -2.16. The number of carbonyl (C=O) groups excluding carboxylic acids is 1. The molecule has 0 saturated carbocycles. The van der Waals surface area contributed by atoms with E-state index in [1.165, 1.54) is 0 Å². The van der Waals surface area contributed by atoms with Crippen molar-refractivity contribution >= 4 is 11.6 Å². The predicted molar refractivity (Wildman–Crippen MR) is 108 cm³/mol. The number of carbonyl (C=O) groups is 1.